The Morgan fingerprint density at radius 2 is 1.55 bits per heavy atom. The molecule has 0 saturated heterocycles. The number of hydrogen-bond acceptors (Lipinski definition) is 5. The zero-order valence-corrected chi connectivity index (χ0v) is 17.6. The molecule has 0 atom stereocenters. The van der Waals surface area contributed by atoms with E-state index in [9.17, 15) is 18.0 Å². The summed E-state index contributed by atoms with van der Waals surface area (Å²) in [6.45, 7) is 4.66. The average Bonchev–Trinajstić information content (AvgIpc) is 3.15. The quantitative estimate of drug-likeness (QED) is 0.531. The Labute approximate surface area is 169 Å². The number of hydrogen-bond donors (Lipinski definition) is 0. The summed E-state index contributed by atoms with van der Waals surface area (Å²) < 4.78 is 29.2. The van der Waals surface area contributed by atoms with E-state index in [1.807, 2.05) is 19.9 Å². The topological polar surface area (TPSA) is 96.0 Å². The molecule has 0 aliphatic carbocycles. The minimum Gasteiger partial charge on any atom is -0.276 e. The van der Waals surface area contributed by atoms with Crippen LogP contribution in [0.5, 0.6) is 0 Å². The van der Waals surface area contributed by atoms with Gasteiger partial charge in [-0.2, -0.15) is 4.09 Å². The van der Waals surface area contributed by atoms with Crippen LogP contribution < -0.4 is 11.2 Å². The molecular formula is C20H26N4O4S. The van der Waals surface area contributed by atoms with E-state index in [1.54, 1.807) is 24.3 Å². The molecule has 0 unspecified atom stereocenters. The summed E-state index contributed by atoms with van der Waals surface area (Å²) in [6, 6.07) is 8.77. The van der Waals surface area contributed by atoms with E-state index in [2.05, 4.69) is 5.10 Å². The Morgan fingerprint density at radius 3 is 2.17 bits per heavy atom. The van der Waals surface area contributed by atoms with Gasteiger partial charge in [0.2, 0.25) is 0 Å². The van der Waals surface area contributed by atoms with Gasteiger partial charge in [0, 0.05) is 13.1 Å². The number of unbranched alkanes of at least 4 members (excludes halogenated alkanes) is 2. The van der Waals surface area contributed by atoms with Crippen LogP contribution in [0.4, 0.5) is 0 Å². The number of nitrogens with zero attached hydrogens (tertiary/aromatic N) is 4. The summed E-state index contributed by atoms with van der Waals surface area (Å²) in [5.74, 6) is -0.245. The summed E-state index contributed by atoms with van der Waals surface area (Å²) in [5, 5.41) is 4.30. The molecule has 0 fully saturated rings. The molecule has 0 aliphatic heterocycles. The van der Waals surface area contributed by atoms with E-state index in [0.29, 0.717) is 25.1 Å². The van der Waals surface area contributed by atoms with Crippen LogP contribution >= 0.6 is 0 Å². The lowest BCUT2D eigenvalue weighted by Gasteiger charge is -2.10. The molecule has 156 valence electrons. The molecule has 2 aromatic heterocycles. The molecule has 0 amide bonds. The Hall–Kier alpha value is -2.68. The molecule has 8 nitrogen and oxygen atoms in total. The van der Waals surface area contributed by atoms with E-state index < -0.39 is 21.3 Å². The van der Waals surface area contributed by atoms with Crippen molar-refractivity contribution in [2.24, 2.45) is 0 Å². The van der Waals surface area contributed by atoms with Gasteiger partial charge in [0.05, 0.1) is 11.9 Å². The van der Waals surface area contributed by atoms with Crippen molar-refractivity contribution >= 4 is 21.1 Å². The van der Waals surface area contributed by atoms with Crippen LogP contribution in [0, 0.1) is 0 Å². The smallest absolute Gasteiger partial charge is 0.276 e. The van der Waals surface area contributed by atoms with Crippen molar-refractivity contribution in [2.45, 2.75) is 58.4 Å². The van der Waals surface area contributed by atoms with Gasteiger partial charge in [-0.3, -0.25) is 13.9 Å². The molecule has 1 aromatic carbocycles. The van der Waals surface area contributed by atoms with Gasteiger partial charge in [-0.1, -0.05) is 57.0 Å². The van der Waals surface area contributed by atoms with Crippen LogP contribution in [0.1, 0.15) is 45.1 Å². The maximum absolute atomic E-state index is 12.9. The maximum atomic E-state index is 12.9. The molecule has 0 spiro atoms. The number of fused-ring (bicyclic) bond motifs is 1. The maximum Gasteiger partial charge on any atom is 0.332 e. The first-order valence-electron chi connectivity index (χ1n) is 9.89. The first-order chi connectivity index (χ1) is 13.9. The molecule has 0 aliphatic rings. The second kappa shape index (κ2) is 8.77. The normalized spacial score (nSPS) is 11.9. The van der Waals surface area contributed by atoms with Crippen LogP contribution in [0.15, 0.2) is 46.1 Å². The van der Waals surface area contributed by atoms with Crippen molar-refractivity contribution in [3.8, 4) is 0 Å². The molecule has 2 heterocycles. The number of benzene rings is 1. The molecule has 9 heteroatoms. The van der Waals surface area contributed by atoms with Crippen molar-refractivity contribution in [1.29, 1.82) is 0 Å². The summed E-state index contributed by atoms with van der Waals surface area (Å²) in [7, 11) is -3.83. The zero-order chi connectivity index (χ0) is 21.0. The molecule has 0 N–H and O–H groups in total. The number of aromatic nitrogens is 4. The molecular weight excluding hydrogens is 392 g/mol. The van der Waals surface area contributed by atoms with Gasteiger partial charge in [0.15, 0.2) is 5.65 Å². The fourth-order valence-electron chi connectivity index (χ4n) is 3.19. The van der Waals surface area contributed by atoms with Crippen LogP contribution in [-0.4, -0.2) is 26.7 Å². The minimum absolute atomic E-state index is 0.123. The highest BCUT2D eigenvalue weighted by Crippen LogP contribution is 2.13. The van der Waals surface area contributed by atoms with E-state index in [4.69, 9.17) is 0 Å². The Bertz CT molecular complexity index is 1210. The first kappa shape index (κ1) is 21.0. The average molecular weight is 419 g/mol. The third-order valence-corrected chi connectivity index (χ3v) is 6.27. The summed E-state index contributed by atoms with van der Waals surface area (Å²) in [5.41, 5.74) is -0.184. The second-order valence-electron chi connectivity index (χ2n) is 7.08. The molecule has 29 heavy (non-hydrogen) atoms. The molecule has 0 saturated carbocycles. The van der Waals surface area contributed by atoms with E-state index in [-0.39, 0.29) is 16.8 Å². The minimum atomic E-state index is -3.83. The fourth-order valence-corrected chi connectivity index (χ4v) is 4.40. The van der Waals surface area contributed by atoms with Crippen molar-refractivity contribution in [2.75, 3.05) is 0 Å². The highest BCUT2D eigenvalue weighted by atomic mass is 32.2. The largest absolute Gasteiger partial charge is 0.332 e. The van der Waals surface area contributed by atoms with Crippen LogP contribution in [0.25, 0.3) is 11.0 Å². The lowest BCUT2D eigenvalue weighted by molar-refractivity contribution is 0.529. The highest BCUT2D eigenvalue weighted by Gasteiger charge is 2.21. The summed E-state index contributed by atoms with van der Waals surface area (Å²) in [4.78, 5) is 25.8. The van der Waals surface area contributed by atoms with Gasteiger partial charge >= 0.3 is 5.69 Å². The van der Waals surface area contributed by atoms with Crippen molar-refractivity contribution in [3.05, 3.63) is 62.9 Å². The fraction of sp³-hybridized carbons (Fsp3) is 0.450. The number of aryl methyl sites for hydroxylation is 1. The van der Waals surface area contributed by atoms with Gasteiger partial charge in [-0.05, 0) is 18.4 Å². The monoisotopic (exact) mass is 418 g/mol. The lowest BCUT2D eigenvalue weighted by Crippen LogP contribution is -2.40. The Kier molecular flexibility index (Phi) is 6.36. The third kappa shape index (κ3) is 4.34. The van der Waals surface area contributed by atoms with Gasteiger partial charge in [0.25, 0.3) is 15.6 Å². The van der Waals surface area contributed by atoms with Crippen LogP contribution in [-0.2, 0) is 28.9 Å². The highest BCUT2D eigenvalue weighted by molar-refractivity contribution is 7.89. The molecule has 0 bridgehead atoms. The summed E-state index contributed by atoms with van der Waals surface area (Å²) >= 11 is 0. The molecule has 0 radical (unpaired) electrons. The SMILES string of the molecule is CCCCn1c(=O)c2cn(S(=O)(=O)Cc3ccccc3)nc2n(CCCC)c1=O. The van der Waals surface area contributed by atoms with Gasteiger partial charge in [-0.25, -0.2) is 13.2 Å². The predicted molar refractivity (Wildman–Crippen MR) is 113 cm³/mol. The predicted octanol–water partition coefficient (Wildman–Crippen LogP) is 2.34. The zero-order valence-electron chi connectivity index (χ0n) is 16.7. The molecule has 3 rings (SSSR count). The number of rotatable bonds is 9. The third-order valence-electron chi connectivity index (χ3n) is 4.81. The standard InChI is InChI=1S/C20H26N4O4S/c1-3-5-12-22-18-17(19(25)23(20(22)26)13-6-4-2)14-24(21-18)29(27,28)15-16-10-8-7-9-11-16/h7-11,14H,3-6,12-13,15H2,1-2H3. The molecule has 3 aromatic rings. The van der Waals surface area contributed by atoms with E-state index >= 15 is 0 Å². The van der Waals surface area contributed by atoms with Gasteiger partial charge in [0.1, 0.15) is 5.39 Å². The van der Waals surface area contributed by atoms with Gasteiger partial charge < -0.3 is 0 Å². The van der Waals surface area contributed by atoms with E-state index in [1.165, 1.54) is 15.3 Å². The summed E-state index contributed by atoms with van der Waals surface area (Å²) in [6.07, 6.45) is 4.35. The second-order valence-corrected chi connectivity index (χ2v) is 8.91. The van der Waals surface area contributed by atoms with E-state index in [0.717, 1.165) is 23.3 Å². The van der Waals surface area contributed by atoms with Crippen molar-refractivity contribution in [3.63, 3.8) is 0 Å². The van der Waals surface area contributed by atoms with Crippen LogP contribution in [0.2, 0.25) is 0 Å². The Morgan fingerprint density at radius 1 is 0.931 bits per heavy atom. The van der Waals surface area contributed by atoms with Gasteiger partial charge in [-0.15, -0.1) is 5.10 Å². The van der Waals surface area contributed by atoms with Crippen molar-refractivity contribution in [1.82, 2.24) is 18.3 Å². The Balaban J connectivity index is 2.15. The first-order valence-corrected chi connectivity index (χ1v) is 11.5. The van der Waals surface area contributed by atoms with Crippen LogP contribution in [0.3, 0.4) is 0 Å². The van der Waals surface area contributed by atoms with Crippen molar-refractivity contribution < 1.29 is 8.42 Å². The lowest BCUT2D eigenvalue weighted by atomic mass is 10.2.